The van der Waals surface area contributed by atoms with Crippen LogP contribution < -0.4 is 0 Å². The van der Waals surface area contributed by atoms with E-state index in [2.05, 4.69) is 4.74 Å². The van der Waals surface area contributed by atoms with Crippen LogP contribution in [-0.2, 0) is 9.53 Å². The minimum absolute atomic E-state index is 0.293. The summed E-state index contributed by atoms with van der Waals surface area (Å²) in [5.74, 6) is -0.542. The first-order chi connectivity index (χ1) is 5.63. The standard InChI is InChI=1S/C8H15ClO3/c1-3-5-6(10)7(9)8(11)12-4-2/h6-7,10H,3-5H2,1-2H3. The summed E-state index contributed by atoms with van der Waals surface area (Å²) in [4.78, 5) is 10.9. The van der Waals surface area contributed by atoms with Gasteiger partial charge in [-0.1, -0.05) is 13.3 Å². The van der Waals surface area contributed by atoms with Crippen LogP contribution in [0.1, 0.15) is 26.7 Å². The Morgan fingerprint density at radius 3 is 2.58 bits per heavy atom. The van der Waals surface area contributed by atoms with Crippen LogP contribution in [-0.4, -0.2) is 29.2 Å². The maximum absolute atomic E-state index is 10.9. The van der Waals surface area contributed by atoms with Crippen LogP contribution in [0.25, 0.3) is 0 Å². The van der Waals surface area contributed by atoms with E-state index >= 15 is 0 Å². The number of ether oxygens (including phenoxy) is 1. The molecule has 0 bridgehead atoms. The Bertz CT molecular complexity index is 138. The Labute approximate surface area is 77.7 Å². The van der Waals surface area contributed by atoms with E-state index in [1.54, 1.807) is 6.92 Å². The van der Waals surface area contributed by atoms with Crippen molar-refractivity contribution in [3.8, 4) is 0 Å². The molecule has 0 heterocycles. The zero-order valence-corrected chi connectivity index (χ0v) is 8.17. The number of aliphatic hydroxyl groups excluding tert-OH is 1. The summed E-state index contributed by atoms with van der Waals surface area (Å²) in [5.41, 5.74) is 0. The molecule has 0 rings (SSSR count). The predicted octanol–water partition coefficient (Wildman–Crippen LogP) is 1.32. The molecule has 0 aliphatic heterocycles. The molecule has 0 aromatic heterocycles. The third-order valence-corrected chi connectivity index (χ3v) is 1.90. The lowest BCUT2D eigenvalue weighted by atomic mass is 10.1. The lowest BCUT2D eigenvalue weighted by molar-refractivity contribution is -0.144. The van der Waals surface area contributed by atoms with E-state index in [1.165, 1.54) is 0 Å². The first-order valence-electron chi connectivity index (χ1n) is 4.12. The zero-order chi connectivity index (χ0) is 9.56. The van der Waals surface area contributed by atoms with Gasteiger partial charge in [-0.15, -0.1) is 11.6 Å². The number of rotatable bonds is 5. The van der Waals surface area contributed by atoms with Crippen LogP contribution in [0.3, 0.4) is 0 Å². The van der Waals surface area contributed by atoms with E-state index in [0.29, 0.717) is 13.0 Å². The lowest BCUT2D eigenvalue weighted by Gasteiger charge is -2.14. The smallest absolute Gasteiger partial charge is 0.326 e. The number of hydrogen-bond acceptors (Lipinski definition) is 3. The maximum Gasteiger partial charge on any atom is 0.326 e. The van der Waals surface area contributed by atoms with Crippen molar-refractivity contribution in [2.75, 3.05) is 6.61 Å². The van der Waals surface area contributed by atoms with Crippen LogP contribution in [0.4, 0.5) is 0 Å². The van der Waals surface area contributed by atoms with Crippen molar-refractivity contribution in [2.24, 2.45) is 0 Å². The summed E-state index contributed by atoms with van der Waals surface area (Å²) in [6.45, 7) is 3.91. The van der Waals surface area contributed by atoms with Gasteiger partial charge in [0.15, 0.2) is 5.38 Å². The average molecular weight is 195 g/mol. The molecule has 0 amide bonds. The second-order valence-corrected chi connectivity index (χ2v) is 2.98. The Kier molecular flexibility index (Phi) is 6.11. The van der Waals surface area contributed by atoms with Crippen LogP contribution in [0.2, 0.25) is 0 Å². The number of carbonyl (C=O) groups excluding carboxylic acids is 1. The zero-order valence-electron chi connectivity index (χ0n) is 7.42. The third-order valence-electron chi connectivity index (χ3n) is 1.43. The molecule has 2 unspecified atom stereocenters. The molecular weight excluding hydrogens is 180 g/mol. The Morgan fingerprint density at radius 1 is 1.58 bits per heavy atom. The van der Waals surface area contributed by atoms with Gasteiger partial charge in [0.25, 0.3) is 0 Å². The van der Waals surface area contributed by atoms with Gasteiger partial charge in [-0.05, 0) is 13.3 Å². The Morgan fingerprint density at radius 2 is 2.17 bits per heavy atom. The fraction of sp³-hybridized carbons (Fsp3) is 0.875. The van der Waals surface area contributed by atoms with Crippen molar-refractivity contribution >= 4 is 17.6 Å². The number of esters is 1. The second kappa shape index (κ2) is 6.26. The van der Waals surface area contributed by atoms with Crippen LogP contribution in [0, 0.1) is 0 Å². The summed E-state index contributed by atoms with van der Waals surface area (Å²) in [6.07, 6.45) is 0.521. The van der Waals surface area contributed by atoms with Crippen LogP contribution >= 0.6 is 11.6 Å². The van der Waals surface area contributed by atoms with Crippen molar-refractivity contribution in [3.63, 3.8) is 0 Å². The normalized spacial score (nSPS) is 15.3. The highest BCUT2D eigenvalue weighted by Crippen LogP contribution is 2.10. The quantitative estimate of drug-likeness (QED) is 0.531. The van der Waals surface area contributed by atoms with E-state index in [9.17, 15) is 9.90 Å². The number of alkyl halides is 1. The summed E-state index contributed by atoms with van der Waals surface area (Å²) in [6, 6.07) is 0. The predicted molar refractivity (Wildman–Crippen MR) is 47.2 cm³/mol. The van der Waals surface area contributed by atoms with Gasteiger partial charge in [0.1, 0.15) is 0 Å². The van der Waals surface area contributed by atoms with E-state index in [-0.39, 0.29) is 0 Å². The number of halogens is 1. The van der Waals surface area contributed by atoms with Crippen molar-refractivity contribution in [3.05, 3.63) is 0 Å². The fourth-order valence-corrected chi connectivity index (χ4v) is 1.01. The monoisotopic (exact) mass is 194 g/mol. The molecule has 0 fully saturated rings. The van der Waals surface area contributed by atoms with Crippen molar-refractivity contribution in [2.45, 2.75) is 38.2 Å². The van der Waals surface area contributed by atoms with E-state index < -0.39 is 17.5 Å². The van der Waals surface area contributed by atoms with E-state index in [1.807, 2.05) is 6.92 Å². The minimum Gasteiger partial charge on any atom is -0.465 e. The van der Waals surface area contributed by atoms with Crippen molar-refractivity contribution < 1.29 is 14.6 Å². The molecule has 72 valence electrons. The Balaban J connectivity index is 3.82. The summed E-state index contributed by atoms with van der Waals surface area (Å²) >= 11 is 5.61. The molecule has 12 heavy (non-hydrogen) atoms. The number of aliphatic hydroxyl groups is 1. The van der Waals surface area contributed by atoms with Gasteiger partial charge in [0.2, 0.25) is 0 Å². The summed E-state index contributed by atoms with van der Waals surface area (Å²) in [7, 11) is 0. The average Bonchev–Trinajstić information content (AvgIpc) is 2.04. The van der Waals surface area contributed by atoms with Gasteiger partial charge in [0.05, 0.1) is 12.7 Å². The highest BCUT2D eigenvalue weighted by Gasteiger charge is 2.24. The molecule has 0 aliphatic carbocycles. The van der Waals surface area contributed by atoms with Crippen LogP contribution in [0.15, 0.2) is 0 Å². The highest BCUT2D eigenvalue weighted by atomic mass is 35.5. The van der Waals surface area contributed by atoms with Gasteiger partial charge in [-0.2, -0.15) is 0 Å². The van der Waals surface area contributed by atoms with Gasteiger partial charge in [-0.25, -0.2) is 0 Å². The molecule has 0 spiro atoms. The largest absolute Gasteiger partial charge is 0.465 e. The molecular formula is C8H15ClO3. The topological polar surface area (TPSA) is 46.5 Å². The number of carbonyl (C=O) groups is 1. The minimum atomic E-state index is -0.926. The third kappa shape index (κ3) is 3.93. The SMILES string of the molecule is CCCC(O)C(Cl)C(=O)OCC. The van der Waals surface area contributed by atoms with E-state index in [0.717, 1.165) is 6.42 Å². The molecule has 0 saturated heterocycles. The van der Waals surface area contributed by atoms with Crippen LogP contribution in [0.5, 0.6) is 0 Å². The van der Waals surface area contributed by atoms with Gasteiger partial charge in [-0.3, -0.25) is 4.79 Å². The maximum atomic E-state index is 10.9. The molecule has 3 nitrogen and oxygen atoms in total. The first kappa shape index (κ1) is 11.7. The number of hydrogen-bond donors (Lipinski definition) is 1. The molecule has 0 radical (unpaired) electrons. The highest BCUT2D eigenvalue weighted by molar-refractivity contribution is 6.30. The molecule has 0 saturated carbocycles. The van der Waals surface area contributed by atoms with Gasteiger partial charge in [0, 0.05) is 0 Å². The molecule has 4 heteroatoms. The summed E-state index contributed by atoms with van der Waals surface area (Å²) in [5, 5.41) is 8.36. The summed E-state index contributed by atoms with van der Waals surface area (Å²) < 4.78 is 4.64. The first-order valence-corrected chi connectivity index (χ1v) is 4.55. The molecule has 1 N–H and O–H groups in total. The molecule has 0 aromatic rings. The van der Waals surface area contributed by atoms with Gasteiger partial charge < -0.3 is 9.84 Å². The Hall–Kier alpha value is -0.280. The van der Waals surface area contributed by atoms with Crippen molar-refractivity contribution in [1.29, 1.82) is 0 Å². The van der Waals surface area contributed by atoms with E-state index in [4.69, 9.17) is 11.6 Å². The molecule has 0 aromatic carbocycles. The molecule has 0 aliphatic rings. The fourth-order valence-electron chi connectivity index (χ4n) is 0.821. The van der Waals surface area contributed by atoms with Gasteiger partial charge >= 0.3 is 5.97 Å². The second-order valence-electron chi connectivity index (χ2n) is 2.51. The van der Waals surface area contributed by atoms with Crippen molar-refractivity contribution in [1.82, 2.24) is 0 Å². The molecule has 2 atom stereocenters. The lowest BCUT2D eigenvalue weighted by Crippen LogP contribution is -2.30.